The largest absolute Gasteiger partial charge is 0.353 e. The van der Waals surface area contributed by atoms with E-state index < -0.39 is 0 Å². The molecular formula is C12H6Cl3N3. The molecule has 1 N–H and O–H groups in total. The van der Waals surface area contributed by atoms with Crippen LogP contribution < -0.4 is 5.32 Å². The number of anilines is 2. The molecule has 0 saturated carbocycles. The molecule has 0 radical (unpaired) electrons. The topological polar surface area (TPSA) is 48.7 Å². The second-order valence-electron chi connectivity index (χ2n) is 3.41. The van der Waals surface area contributed by atoms with Gasteiger partial charge in [0.1, 0.15) is 11.2 Å². The average Bonchev–Trinajstić information content (AvgIpc) is 2.36. The quantitative estimate of drug-likeness (QED) is 0.820. The van der Waals surface area contributed by atoms with Crippen LogP contribution in [0.5, 0.6) is 0 Å². The lowest BCUT2D eigenvalue weighted by molar-refractivity contribution is 1.32. The van der Waals surface area contributed by atoms with Gasteiger partial charge >= 0.3 is 0 Å². The van der Waals surface area contributed by atoms with Crippen LogP contribution in [0.3, 0.4) is 0 Å². The number of nitrogens with one attached hydrogen (secondary N) is 1. The summed E-state index contributed by atoms with van der Waals surface area (Å²) in [4.78, 5) is 3.85. The summed E-state index contributed by atoms with van der Waals surface area (Å²) in [7, 11) is 0. The molecule has 2 rings (SSSR count). The third-order valence-corrected chi connectivity index (χ3v) is 2.94. The fourth-order valence-electron chi connectivity index (χ4n) is 1.37. The fourth-order valence-corrected chi connectivity index (χ4v) is 1.85. The molecule has 90 valence electrons. The molecular weight excluding hydrogens is 293 g/mol. The van der Waals surface area contributed by atoms with Crippen LogP contribution in [0.4, 0.5) is 11.4 Å². The number of rotatable bonds is 2. The summed E-state index contributed by atoms with van der Waals surface area (Å²) < 4.78 is 0. The molecule has 2 aromatic rings. The monoisotopic (exact) mass is 297 g/mol. The Labute approximate surface area is 119 Å². The maximum atomic E-state index is 9.02. The van der Waals surface area contributed by atoms with E-state index in [-0.39, 0.29) is 0 Å². The van der Waals surface area contributed by atoms with Gasteiger partial charge < -0.3 is 5.32 Å². The van der Waals surface area contributed by atoms with Gasteiger partial charge in [-0.1, -0.05) is 34.8 Å². The van der Waals surface area contributed by atoms with Crippen molar-refractivity contribution in [3.63, 3.8) is 0 Å². The van der Waals surface area contributed by atoms with E-state index in [0.717, 1.165) is 0 Å². The van der Waals surface area contributed by atoms with Crippen molar-refractivity contribution >= 4 is 46.2 Å². The van der Waals surface area contributed by atoms with Crippen molar-refractivity contribution < 1.29 is 0 Å². The third kappa shape index (κ3) is 2.85. The van der Waals surface area contributed by atoms with E-state index in [1.807, 2.05) is 0 Å². The maximum Gasteiger partial charge on any atom is 0.131 e. The summed E-state index contributed by atoms with van der Waals surface area (Å²) in [6.07, 6.45) is 1.44. The molecule has 0 aliphatic heterocycles. The zero-order chi connectivity index (χ0) is 13.1. The van der Waals surface area contributed by atoms with Crippen LogP contribution in [0.1, 0.15) is 5.56 Å². The highest BCUT2D eigenvalue weighted by atomic mass is 35.5. The van der Waals surface area contributed by atoms with Crippen molar-refractivity contribution in [2.75, 3.05) is 5.32 Å². The lowest BCUT2D eigenvalue weighted by Gasteiger charge is -2.10. The molecule has 0 amide bonds. The van der Waals surface area contributed by atoms with E-state index in [1.165, 1.54) is 6.20 Å². The van der Waals surface area contributed by atoms with Gasteiger partial charge in [0.15, 0.2) is 0 Å². The van der Waals surface area contributed by atoms with Gasteiger partial charge in [0.2, 0.25) is 0 Å². The minimum Gasteiger partial charge on any atom is -0.353 e. The molecule has 0 aliphatic carbocycles. The number of aromatic nitrogens is 1. The lowest BCUT2D eigenvalue weighted by atomic mass is 10.2. The van der Waals surface area contributed by atoms with Crippen molar-refractivity contribution in [3.05, 3.63) is 51.2 Å². The highest BCUT2D eigenvalue weighted by Gasteiger charge is 2.07. The standard InChI is InChI=1S/C12H6Cl3N3/c13-8-1-2-10(7(3-8)5-16)18-11-4-12(15)17-6-9(11)14/h1-4,6H,(H,17,18). The summed E-state index contributed by atoms with van der Waals surface area (Å²) in [5.74, 6) is 0. The van der Waals surface area contributed by atoms with Gasteiger partial charge in [-0.05, 0) is 18.2 Å². The second-order valence-corrected chi connectivity index (χ2v) is 4.64. The maximum absolute atomic E-state index is 9.02. The molecule has 1 aromatic carbocycles. The molecule has 6 heteroatoms. The van der Waals surface area contributed by atoms with E-state index in [2.05, 4.69) is 16.4 Å². The summed E-state index contributed by atoms with van der Waals surface area (Å²) in [6, 6.07) is 8.59. The van der Waals surface area contributed by atoms with E-state index in [4.69, 9.17) is 40.1 Å². The molecule has 0 spiro atoms. The Kier molecular flexibility index (Phi) is 3.93. The number of benzene rings is 1. The molecule has 0 unspecified atom stereocenters. The van der Waals surface area contributed by atoms with Crippen LogP contribution in [-0.4, -0.2) is 4.98 Å². The van der Waals surface area contributed by atoms with Crippen molar-refractivity contribution in [2.24, 2.45) is 0 Å². The molecule has 1 heterocycles. The zero-order valence-corrected chi connectivity index (χ0v) is 11.2. The van der Waals surface area contributed by atoms with Crippen molar-refractivity contribution in [3.8, 4) is 6.07 Å². The fraction of sp³-hybridized carbons (Fsp3) is 0. The Balaban J connectivity index is 2.40. The van der Waals surface area contributed by atoms with Crippen LogP contribution >= 0.6 is 34.8 Å². The number of nitrogens with zero attached hydrogens (tertiary/aromatic N) is 2. The number of hydrogen-bond acceptors (Lipinski definition) is 3. The Bertz CT molecular complexity index is 635. The first-order valence-corrected chi connectivity index (χ1v) is 6.01. The van der Waals surface area contributed by atoms with Crippen LogP contribution in [-0.2, 0) is 0 Å². The van der Waals surface area contributed by atoms with Gasteiger partial charge in [0, 0.05) is 17.3 Å². The van der Waals surface area contributed by atoms with Crippen LogP contribution in [0, 0.1) is 11.3 Å². The normalized spacial score (nSPS) is 9.89. The molecule has 0 bridgehead atoms. The molecule has 0 aliphatic rings. The van der Waals surface area contributed by atoms with Gasteiger partial charge in [-0.25, -0.2) is 4.98 Å². The minimum atomic E-state index is 0.314. The third-order valence-electron chi connectivity index (χ3n) is 2.19. The van der Waals surface area contributed by atoms with Crippen molar-refractivity contribution in [1.82, 2.24) is 4.98 Å². The van der Waals surface area contributed by atoms with E-state index in [9.17, 15) is 0 Å². The smallest absolute Gasteiger partial charge is 0.131 e. The Hall–Kier alpha value is -1.47. The molecule has 1 aromatic heterocycles. The summed E-state index contributed by atoms with van der Waals surface area (Å²) in [5.41, 5.74) is 1.60. The van der Waals surface area contributed by atoms with Crippen molar-refractivity contribution in [1.29, 1.82) is 5.26 Å². The highest BCUT2D eigenvalue weighted by molar-refractivity contribution is 6.34. The Morgan fingerprint density at radius 1 is 1.11 bits per heavy atom. The first-order valence-electron chi connectivity index (χ1n) is 4.88. The molecule has 18 heavy (non-hydrogen) atoms. The SMILES string of the molecule is N#Cc1cc(Cl)ccc1Nc1cc(Cl)ncc1Cl. The summed E-state index contributed by atoms with van der Waals surface area (Å²) in [6.45, 7) is 0. The Morgan fingerprint density at radius 2 is 1.89 bits per heavy atom. The minimum absolute atomic E-state index is 0.314. The van der Waals surface area contributed by atoms with Gasteiger partial charge in [0.05, 0.1) is 22.0 Å². The van der Waals surface area contributed by atoms with Crippen LogP contribution in [0.15, 0.2) is 30.5 Å². The molecule has 0 fully saturated rings. The zero-order valence-electron chi connectivity index (χ0n) is 8.92. The first kappa shape index (κ1) is 13.0. The number of hydrogen-bond donors (Lipinski definition) is 1. The van der Waals surface area contributed by atoms with E-state index >= 15 is 0 Å². The van der Waals surface area contributed by atoms with Gasteiger partial charge in [-0.3, -0.25) is 0 Å². The average molecular weight is 299 g/mol. The summed E-state index contributed by atoms with van der Waals surface area (Å²) >= 11 is 17.6. The van der Waals surface area contributed by atoms with Crippen LogP contribution in [0.25, 0.3) is 0 Å². The van der Waals surface area contributed by atoms with Crippen molar-refractivity contribution in [2.45, 2.75) is 0 Å². The molecule has 0 saturated heterocycles. The number of nitriles is 1. The van der Waals surface area contributed by atoms with Gasteiger partial charge in [0.25, 0.3) is 0 Å². The summed E-state index contributed by atoms with van der Waals surface area (Å²) in [5, 5.41) is 13.3. The molecule has 0 atom stereocenters. The van der Waals surface area contributed by atoms with E-state index in [1.54, 1.807) is 24.3 Å². The lowest BCUT2D eigenvalue weighted by Crippen LogP contribution is -1.95. The number of pyridine rings is 1. The van der Waals surface area contributed by atoms with Gasteiger partial charge in [-0.15, -0.1) is 0 Å². The van der Waals surface area contributed by atoms with Gasteiger partial charge in [-0.2, -0.15) is 5.26 Å². The highest BCUT2D eigenvalue weighted by Crippen LogP contribution is 2.29. The Morgan fingerprint density at radius 3 is 2.61 bits per heavy atom. The second kappa shape index (κ2) is 5.45. The molecule has 3 nitrogen and oxygen atoms in total. The first-order chi connectivity index (χ1) is 8.60. The predicted molar refractivity (Wildman–Crippen MR) is 73.7 cm³/mol. The number of halogens is 3. The van der Waals surface area contributed by atoms with E-state index in [0.29, 0.717) is 32.1 Å². The van der Waals surface area contributed by atoms with Crippen LogP contribution in [0.2, 0.25) is 15.2 Å². The predicted octanol–water partition coefficient (Wildman–Crippen LogP) is 4.66.